The van der Waals surface area contributed by atoms with Gasteiger partial charge in [-0.3, -0.25) is 0 Å². The fraction of sp³-hybridized carbons (Fsp3) is 1.00. The van der Waals surface area contributed by atoms with Crippen molar-refractivity contribution in [3.05, 3.63) is 0 Å². The summed E-state index contributed by atoms with van der Waals surface area (Å²) in [6.07, 6.45) is 0.583. The molecule has 25 valence electrons. The maximum Gasteiger partial charge on any atom is 0.0781 e. The number of hydrogen-bond acceptors (Lipinski definition) is 1. The van der Waals surface area contributed by atoms with Crippen molar-refractivity contribution in [3.63, 3.8) is 0 Å². The second kappa shape index (κ2) is 1.87. The molecule has 1 nitrogen and oxygen atoms in total. The van der Waals surface area contributed by atoms with Crippen molar-refractivity contribution < 1.29 is 4.74 Å². The average molecular weight is 65.0 g/mol. The Balaban J connectivity index is 0.000000160. The van der Waals surface area contributed by atoms with Crippen LogP contribution in [0, 0.1) is 0 Å². The van der Waals surface area contributed by atoms with E-state index in [1.54, 1.807) is 0 Å². The van der Waals surface area contributed by atoms with Crippen LogP contribution in [0.2, 0.25) is 0 Å². The molecule has 1 rings (SSSR count). The van der Waals surface area contributed by atoms with Gasteiger partial charge in [0, 0.05) is 18.9 Å². The molecule has 1 aliphatic rings. The first kappa shape index (κ1) is 5.56. The standard InChI is InChI=1S/C3H6O.Li/c1-3-2-4-3;/h3H,2H2,1H3;. The van der Waals surface area contributed by atoms with Gasteiger partial charge >= 0.3 is 0 Å². The summed E-state index contributed by atoms with van der Waals surface area (Å²) in [5.74, 6) is 0. The van der Waals surface area contributed by atoms with Gasteiger partial charge in [-0.2, -0.15) is 0 Å². The molecule has 0 aromatic heterocycles. The number of epoxide rings is 1. The molecule has 0 amide bonds. The van der Waals surface area contributed by atoms with E-state index in [4.69, 9.17) is 4.74 Å². The molecule has 1 fully saturated rings. The van der Waals surface area contributed by atoms with Gasteiger partial charge in [-0.1, -0.05) is 0 Å². The van der Waals surface area contributed by atoms with E-state index < -0.39 is 0 Å². The first-order valence-corrected chi connectivity index (χ1v) is 1.51. The van der Waals surface area contributed by atoms with Crippen LogP contribution in [-0.2, 0) is 4.74 Å². The molecule has 0 N–H and O–H groups in total. The molecule has 0 saturated carbocycles. The first-order chi connectivity index (χ1) is 1.89. The van der Waals surface area contributed by atoms with Crippen molar-refractivity contribution in [3.8, 4) is 0 Å². The largest absolute Gasteiger partial charge is 0.373 e. The van der Waals surface area contributed by atoms with E-state index in [0.29, 0.717) is 6.10 Å². The summed E-state index contributed by atoms with van der Waals surface area (Å²) < 4.78 is 4.71. The third-order valence-corrected chi connectivity index (χ3v) is 0.500. The maximum atomic E-state index is 4.71. The van der Waals surface area contributed by atoms with Gasteiger partial charge in [0.15, 0.2) is 0 Å². The van der Waals surface area contributed by atoms with Crippen LogP contribution in [0.25, 0.3) is 0 Å². The van der Waals surface area contributed by atoms with Crippen LogP contribution in [0.3, 0.4) is 0 Å². The van der Waals surface area contributed by atoms with Crippen molar-refractivity contribution >= 4 is 18.9 Å². The van der Waals surface area contributed by atoms with Crippen molar-refractivity contribution in [2.75, 3.05) is 6.61 Å². The molecule has 1 unspecified atom stereocenters. The minimum Gasteiger partial charge on any atom is -0.373 e. The fourth-order valence-electron chi connectivity index (χ4n) is 0.0962. The Labute approximate surface area is 43.9 Å². The van der Waals surface area contributed by atoms with Crippen molar-refractivity contribution in [2.45, 2.75) is 13.0 Å². The molecule has 1 heterocycles. The van der Waals surface area contributed by atoms with E-state index in [2.05, 4.69) is 6.92 Å². The van der Waals surface area contributed by atoms with Gasteiger partial charge in [0.1, 0.15) is 0 Å². The van der Waals surface area contributed by atoms with E-state index in [1.807, 2.05) is 0 Å². The molecule has 1 aliphatic heterocycles. The summed E-state index contributed by atoms with van der Waals surface area (Å²) in [5, 5.41) is 0. The second-order valence-corrected chi connectivity index (χ2v) is 1.14. The molecular formula is C3H6LiO. The second-order valence-electron chi connectivity index (χ2n) is 1.14. The van der Waals surface area contributed by atoms with Gasteiger partial charge in [-0.15, -0.1) is 0 Å². The smallest absolute Gasteiger partial charge is 0.0781 e. The maximum absolute atomic E-state index is 4.71. The predicted octanol–water partition coefficient (Wildman–Crippen LogP) is 0.0243. The Hall–Kier alpha value is 0.557. The summed E-state index contributed by atoms with van der Waals surface area (Å²) in [7, 11) is 0. The van der Waals surface area contributed by atoms with E-state index in [-0.39, 0.29) is 18.9 Å². The van der Waals surface area contributed by atoms with Crippen LogP contribution < -0.4 is 0 Å². The normalized spacial score (nSPS) is 31.8. The van der Waals surface area contributed by atoms with Crippen molar-refractivity contribution in [2.24, 2.45) is 0 Å². The van der Waals surface area contributed by atoms with Gasteiger partial charge in [0.2, 0.25) is 0 Å². The number of hydrogen-bond donors (Lipinski definition) is 0. The summed E-state index contributed by atoms with van der Waals surface area (Å²) >= 11 is 0. The average Bonchev–Trinajstić information content (AvgIpc) is 1.75. The molecule has 0 bridgehead atoms. The number of ether oxygens (including phenoxy) is 1. The van der Waals surface area contributed by atoms with E-state index in [1.165, 1.54) is 0 Å². The summed E-state index contributed by atoms with van der Waals surface area (Å²) in [6, 6.07) is 0. The Morgan fingerprint density at radius 3 is 2.00 bits per heavy atom. The Morgan fingerprint density at radius 1 is 1.80 bits per heavy atom. The Kier molecular flexibility index (Phi) is 2.08. The molecule has 1 radical (unpaired) electrons. The molecule has 0 spiro atoms. The van der Waals surface area contributed by atoms with Gasteiger partial charge in [0.25, 0.3) is 0 Å². The van der Waals surface area contributed by atoms with Gasteiger partial charge in [-0.05, 0) is 6.92 Å². The van der Waals surface area contributed by atoms with Crippen molar-refractivity contribution in [1.29, 1.82) is 0 Å². The van der Waals surface area contributed by atoms with Gasteiger partial charge in [-0.25, -0.2) is 0 Å². The van der Waals surface area contributed by atoms with Crippen LogP contribution in [0.5, 0.6) is 0 Å². The first-order valence-electron chi connectivity index (χ1n) is 1.51. The molecule has 0 aromatic rings. The van der Waals surface area contributed by atoms with Crippen LogP contribution in [0.4, 0.5) is 0 Å². The zero-order valence-corrected chi connectivity index (χ0v) is 3.69. The van der Waals surface area contributed by atoms with Crippen LogP contribution in [0.1, 0.15) is 6.92 Å². The summed E-state index contributed by atoms with van der Waals surface area (Å²) in [4.78, 5) is 0. The minimum absolute atomic E-state index is 0. The third kappa shape index (κ3) is 2.36. The Bertz CT molecular complexity index is 26.1. The van der Waals surface area contributed by atoms with Gasteiger partial charge < -0.3 is 4.74 Å². The summed E-state index contributed by atoms with van der Waals surface area (Å²) in [5.41, 5.74) is 0. The van der Waals surface area contributed by atoms with E-state index in [0.717, 1.165) is 6.61 Å². The van der Waals surface area contributed by atoms with Crippen LogP contribution in [0.15, 0.2) is 0 Å². The predicted molar refractivity (Wildman–Crippen MR) is 21.2 cm³/mol. The quantitative estimate of drug-likeness (QED) is 0.286. The molecule has 0 aliphatic carbocycles. The zero-order valence-electron chi connectivity index (χ0n) is 3.69. The van der Waals surface area contributed by atoms with Gasteiger partial charge in [0.05, 0.1) is 12.7 Å². The molecular weight excluding hydrogens is 59.0 g/mol. The van der Waals surface area contributed by atoms with Crippen LogP contribution in [-0.4, -0.2) is 31.6 Å². The molecule has 0 aromatic carbocycles. The van der Waals surface area contributed by atoms with Crippen molar-refractivity contribution in [1.82, 2.24) is 0 Å². The minimum atomic E-state index is 0. The third-order valence-electron chi connectivity index (χ3n) is 0.500. The van der Waals surface area contributed by atoms with E-state index >= 15 is 0 Å². The molecule has 1 atom stereocenters. The number of rotatable bonds is 0. The zero-order chi connectivity index (χ0) is 2.99. The summed E-state index contributed by atoms with van der Waals surface area (Å²) in [6.45, 7) is 3.04. The van der Waals surface area contributed by atoms with Crippen LogP contribution >= 0.6 is 0 Å². The fourth-order valence-corrected chi connectivity index (χ4v) is 0.0962. The SMILES string of the molecule is CC1CO1.[Li]. The Morgan fingerprint density at radius 2 is 2.00 bits per heavy atom. The van der Waals surface area contributed by atoms with E-state index in [9.17, 15) is 0 Å². The molecule has 5 heavy (non-hydrogen) atoms. The topological polar surface area (TPSA) is 12.5 Å². The molecule has 1 saturated heterocycles. The monoisotopic (exact) mass is 65.1 g/mol. The molecule has 2 heteroatoms.